The lowest BCUT2D eigenvalue weighted by Crippen LogP contribution is -2.50. The van der Waals surface area contributed by atoms with Gasteiger partial charge >= 0.3 is 6.03 Å². The van der Waals surface area contributed by atoms with Gasteiger partial charge in [-0.05, 0) is 35.7 Å². The molecule has 0 radical (unpaired) electrons. The van der Waals surface area contributed by atoms with Crippen LogP contribution in [0.3, 0.4) is 0 Å². The third-order valence-electron chi connectivity index (χ3n) is 5.49. The molecule has 32 heavy (non-hydrogen) atoms. The summed E-state index contributed by atoms with van der Waals surface area (Å²) in [6.45, 7) is 2.55. The fourth-order valence-electron chi connectivity index (χ4n) is 3.82. The molecule has 0 bridgehead atoms. The molecule has 0 aliphatic carbocycles. The van der Waals surface area contributed by atoms with E-state index in [1.165, 1.54) is 4.90 Å². The monoisotopic (exact) mass is 427 g/mol. The first-order valence-electron chi connectivity index (χ1n) is 10.6. The maximum Gasteiger partial charge on any atom is 0.324 e. The van der Waals surface area contributed by atoms with E-state index in [1.807, 2.05) is 61.5 Å². The van der Waals surface area contributed by atoms with Crippen molar-refractivity contribution in [1.82, 2.24) is 15.5 Å². The molecule has 4 rings (SSSR count). The van der Waals surface area contributed by atoms with Crippen molar-refractivity contribution in [1.29, 1.82) is 0 Å². The van der Waals surface area contributed by atoms with Gasteiger partial charge in [-0.3, -0.25) is 14.5 Å². The standard InChI is InChI=1S/C26H25N3O3/c1-18-7-5-8-19(13-18)16-27-25(31)22-12-6-9-20(14-22)17-29-24(30)15-23(28-26(29)32)21-10-3-2-4-11-21/h2-14,23H,15-17H2,1H3,(H,27,31)(H,28,32)/t23-/m0/s1. The minimum atomic E-state index is -0.426. The Kier molecular flexibility index (Phi) is 6.31. The van der Waals surface area contributed by atoms with Gasteiger partial charge in [-0.1, -0.05) is 72.3 Å². The van der Waals surface area contributed by atoms with Crippen LogP contribution in [0.25, 0.3) is 0 Å². The van der Waals surface area contributed by atoms with Crippen molar-refractivity contribution >= 4 is 17.8 Å². The molecule has 0 unspecified atom stereocenters. The van der Waals surface area contributed by atoms with E-state index in [0.717, 1.165) is 22.3 Å². The first-order valence-corrected chi connectivity index (χ1v) is 10.6. The number of carbonyl (C=O) groups is 3. The Morgan fingerprint density at radius 2 is 1.72 bits per heavy atom. The molecule has 1 fully saturated rings. The number of amides is 4. The number of aryl methyl sites for hydroxylation is 1. The number of rotatable bonds is 6. The van der Waals surface area contributed by atoms with Crippen LogP contribution in [-0.2, 0) is 17.9 Å². The van der Waals surface area contributed by atoms with E-state index < -0.39 is 6.03 Å². The molecule has 0 aromatic heterocycles. The molecule has 1 aliphatic heterocycles. The Morgan fingerprint density at radius 1 is 0.969 bits per heavy atom. The zero-order valence-electron chi connectivity index (χ0n) is 17.9. The zero-order valence-corrected chi connectivity index (χ0v) is 17.9. The van der Waals surface area contributed by atoms with Crippen molar-refractivity contribution in [2.75, 3.05) is 0 Å². The van der Waals surface area contributed by atoms with Gasteiger partial charge in [0, 0.05) is 12.1 Å². The lowest BCUT2D eigenvalue weighted by molar-refractivity contribution is -0.130. The molecule has 1 heterocycles. The van der Waals surface area contributed by atoms with Gasteiger partial charge in [0.15, 0.2) is 0 Å². The number of nitrogens with zero attached hydrogens (tertiary/aromatic N) is 1. The predicted octanol–water partition coefficient (Wildman–Crippen LogP) is 4.11. The van der Waals surface area contributed by atoms with Crippen molar-refractivity contribution in [2.24, 2.45) is 0 Å². The Balaban J connectivity index is 1.39. The van der Waals surface area contributed by atoms with Gasteiger partial charge in [0.05, 0.1) is 19.0 Å². The Bertz CT molecular complexity index is 1130. The molecular formula is C26H25N3O3. The number of hydrogen-bond acceptors (Lipinski definition) is 3. The molecule has 0 saturated carbocycles. The Labute approximate surface area is 187 Å². The van der Waals surface area contributed by atoms with Crippen LogP contribution in [-0.4, -0.2) is 22.7 Å². The topological polar surface area (TPSA) is 78.5 Å². The lowest BCUT2D eigenvalue weighted by Gasteiger charge is -2.31. The molecule has 1 saturated heterocycles. The van der Waals surface area contributed by atoms with Gasteiger partial charge < -0.3 is 10.6 Å². The number of nitrogens with one attached hydrogen (secondary N) is 2. The second kappa shape index (κ2) is 9.47. The normalized spacial score (nSPS) is 15.9. The summed E-state index contributed by atoms with van der Waals surface area (Å²) in [6, 6.07) is 23.7. The highest BCUT2D eigenvalue weighted by Gasteiger charge is 2.32. The van der Waals surface area contributed by atoms with E-state index in [1.54, 1.807) is 24.3 Å². The van der Waals surface area contributed by atoms with E-state index in [2.05, 4.69) is 10.6 Å². The predicted molar refractivity (Wildman–Crippen MR) is 122 cm³/mol. The second-order valence-corrected chi connectivity index (χ2v) is 7.97. The van der Waals surface area contributed by atoms with Gasteiger partial charge in [0.1, 0.15) is 0 Å². The quantitative estimate of drug-likeness (QED) is 0.621. The summed E-state index contributed by atoms with van der Waals surface area (Å²) in [6.07, 6.45) is 0.201. The van der Waals surface area contributed by atoms with Crippen molar-refractivity contribution in [3.05, 3.63) is 107 Å². The van der Waals surface area contributed by atoms with Crippen LogP contribution < -0.4 is 10.6 Å². The number of imide groups is 1. The largest absolute Gasteiger partial charge is 0.348 e. The van der Waals surface area contributed by atoms with Gasteiger partial charge in [0.25, 0.3) is 5.91 Å². The highest BCUT2D eigenvalue weighted by Crippen LogP contribution is 2.23. The fraction of sp³-hybridized carbons (Fsp3) is 0.192. The first kappa shape index (κ1) is 21.3. The van der Waals surface area contributed by atoms with E-state index >= 15 is 0 Å². The SMILES string of the molecule is Cc1cccc(CNC(=O)c2cccc(CN3C(=O)C[C@@H](c4ccccc4)NC3=O)c2)c1. The Morgan fingerprint density at radius 3 is 2.47 bits per heavy atom. The van der Waals surface area contributed by atoms with Crippen LogP contribution in [0.4, 0.5) is 4.79 Å². The van der Waals surface area contributed by atoms with Crippen LogP contribution >= 0.6 is 0 Å². The second-order valence-electron chi connectivity index (χ2n) is 7.97. The number of carbonyl (C=O) groups excluding carboxylic acids is 3. The molecule has 6 heteroatoms. The summed E-state index contributed by atoms with van der Waals surface area (Å²) in [4.78, 5) is 39.1. The van der Waals surface area contributed by atoms with E-state index in [4.69, 9.17) is 0 Å². The molecule has 1 aliphatic rings. The van der Waals surface area contributed by atoms with E-state index in [-0.39, 0.29) is 30.8 Å². The summed E-state index contributed by atoms with van der Waals surface area (Å²) < 4.78 is 0. The summed E-state index contributed by atoms with van der Waals surface area (Å²) in [7, 11) is 0. The van der Waals surface area contributed by atoms with Gasteiger partial charge in [-0.2, -0.15) is 0 Å². The average Bonchev–Trinajstić information content (AvgIpc) is 2.80. The number of benzene rings is 3. The molecule has 3 aromatic carbocycles. The van der Waals surface area contributed by atoms with Crippen LogP contribution in [0.5, 0.6) is 0 Å². The minimum absolute atomic E-state index is 0.116. The molecule has 6 nitrogen and oxygen atoms in total. The first-order chi connectivity index (χ1) is 15.5. The summed E-state index contributed by atoms with van der Waals surface area (Å²) in [5.74, 6) is -0.441. The molecule has 4 amide bonds. The lowest BCUT2D eigenvalue weighted by atomic mass is 10.0. The zero-order chi connectivity index (χ0) is 22.5. The van der Waals surface area contributed by atoms with Gasteiger partial charge in [-0.15, -0.1) is 0 Å². The van der Waals surface area contributed by atoms with Crippen molar-refractivity contribution in [2.45, 2.75) is 32.5 Å². The average molecular weight is 428 g/mol. The highest BCUT2D eigenvalue weighted by molar-refractivity contribution is 5.97. The summed E-state index contributed by atoms with van der Waals surface area (Å²) >= 11 is 0. The van der Waals surface area contributed by atoms with Crippen molar-refractivity contribution in [3.63, 3.8) is 0 Å². The van der Waals surface area contributed by atoms with Crippen LogP contribution in [0.1, 0.15) is 45.1 Å². The van der Waals surface area contributed by atoms with Crippen LogP contribution in [0, 0.1) is 6.92 Å². The van der Waals surface area contributed by atoms with Crippen LogP contribution in [0.15, 0.2) is 78.9 Å². The number of hydrogen-bond donors (Lipinski definition) is 2. The smallest absolute Gasteiger partial charge is 0.324 e. The highest BCUT2D eigenvalue weighted by atomic mass is 16.2. The Hall–Kier alpha value is -3.93. The summed E-state index contributed by atoms with van der Waals surface area (Å²) in [5.41, 5.74) is 4.27. The van der Waals surface area contributed by atoms with Gasteiger partial charge in [0.2, 0.25) is 5.91 Å². The summed E-state index contributed by atoms with van der Waals surface area (Å²) in [5, 5.41) is 5.82. The molecule has 2 N–H and O–H groups in total. The van der Waals surface area contributed by atoms with E-state index in [9.17, 15) is 14.4 Å². The number of urea groups is 1. The molecular weight excluding hydrogens is 402 g/mol. The maximum absolute atomic E-state index is 12.7. The molecule has 3 aromatic rings. The third-order valence-corrected chi connectivity index (χ3v) is 5.49. The third kappa shape index (κ3) is 5.03. The van der Waals surface area contributed by atoms with Crippen LogP contribution in [0.2, 0.25) is 0 Å². The fourth-order valence-corrected chi connectivity index (χ4v) is 3.82. The maximum atomic E-state index is 12.7. The van der Waals surface area contributed by atoms with Crippen molar-refractivity contribution < 1.29 is 14.4 Å². The molecule has 1 atom stereocenters. The molecule has 0 spiro atoms. The van der Waals surface area contributed by atoms with Crippen molar-refractivity contribution in [3.8, 4) is 0 Å². The minimum Gasteiger partial charge on any atom is -0.348 e. The van der Waals surface area contributed by atoms with Gasteiger partial charge in [-0.25, -0.2) is 4.79 Å². The molecule has 162 valence electrons. The van der Waals surface area contributed by atoms with E-state index in [0.29, 0.717) is 12.1 Å².